The fraction of sp³-hybridized carbons (Fsp3) is 0.364. The van der Waals surface area contributed by atoms with Crippen LogP contribution in [0.2, 0.25) is 0 Å². The maximum absolute atomic E-state index is 13.1. The van der Waals surface area contributed by atoms with Crippen LogP contribution in [0.1, 0.15) is 29.8 Å². The first-order valence-corrected chi connectivity index (χ1v) is 4.67. The van der Waals surface area contributed by atoms with Crippen LogP contribution in [0.5, 0.6) is 0 Å². The predicted molar refractivity (Wildman–Crippen MR) is 52.0 cm³/mol. The number of carbonyl (C=O) groups excluding carboxylic acids is 1. The zero-order valence-electron chi connectivity index (χ0n) is 9.10. The zero-order valence-corrected chi connectivity index (χ0v) is 9.10. The summed E-state index contributed by atoms with van der Waals surface area (Å²) >= 11 is 0. The molecule has 6 heteroatoms. The van der Waals surface area contributed by atoms with Crippen LogP contribution in [0.25, 0.3) is 0 Å². The minimum atomic E-state index is -4.81. The quantitative estimate of drug-likeness (QED) is 0.647. The second kappa shape index (κ2) is 4.10. The third-order valence-corrected chi connectivity index (χ3v) is 2.09. The van der Waals surface area contributed by atoms with Crippen LogP contribution in [-0.4, -0.2) is 16.5 Å². The van der Waals surface area contributed by atoms with Crippen molar-refractivity contribution in [1.82, 2.24) is 0 Å². The molecule has 2 nitrogen and oxygen atoms in total. The molecule has 0 bridgehead atoms. The maximum atomic E-state index is 13.1. The van der Waals surface area contributed by atoms with E-state index in [2.05, 4.69) is 0 Å². The Bertz CT molecular complexity index is 444. The molecular formula is C11H10F4O2. The summed E-state index contributed by atoms with van der Waals surface area (Å²) in [4.78, 5) is 11.5. The molecule has 94 valence electrons. The molecule has 0 aliphatic rings. The van der Waals surface area contributed by atoms with Gasteiger partial charge in [0.2, 0.25) is 0 Å². The van der Waals surface area contributed by atoms with Crippen molar-refractivity contribution in [1.29, 1.82) is 0 Å². The lowest BCUT2D eigenvalue weighted by Crippen LogP contribution is -2.31. The zero-order chi connectivity index (χ0) is 13.4. The van der Waals surface area contributed by atoms with Crippen LogP contribution < -0.4 is 0 Å². The summed E-state index contributed by atoms with van der Waals surface area (Å²) in [7, 11) is 0. The smallest absolute Gasteiger partial charge is 0.382 e. The number of alkyl halides is 3. The van der Waals surface area contributed by atoms with E-state index in [1.54, 1.807) is 0 Å². The summed E-state index contributed by atoms with van der Waals surface area (Å²) in [6.45, 7) is 2.34. The number of hydrogen-bond donors (Lipinski definition) is 1. The van der Waals surface area contributed by atoms with E-state index in [0.717, 1.165) is 6.07 Å². The van der Waals surface area contributed by atoms with Gasteiger partial charge >= 0.3 is 6.18 Å². The number of rotatable bonds is 2. The third-order valence-electron chi connectivity index (χ3n) is 2.09. The van der Waals surface area contributed by atoms with Gasteiger partial charge in [0, 0.05) is 5.56 Å². The molecule has 0 heterocycles. The van der Waals surface area contributed by atoms with Gasteiger partial charge in [-0.2, -0.15) is 13.2 Å². The molecule has 1 aromatic rings. The molecule has 0 radical (unpaired) electrons. The Morgan fingerprint density at radius 1 is 1.24 bits per heavy atom. The molecule has 0 unspecified atom stereocenters. The molecule has 0 saturated carbocycles. The molecule has 0 atom stereocenters. The predicted octanol–water partition coefficient (Wildman–Crippen LogP) is 2.80. The van der Waals surface area contributed by atoms with Gasteiger partial charge in [-0.15, -0.1) is 0 Å². The first kappa shape index (κ1) is 13.6. The van der Waals surface area contributed by atoms with Gasteiger partial charge in [0.15, 0.2) is 5.78 Å². The second-order valence-corrected chi connectivity index (χ2v) is 4.08. The molecule has 0 spiro atoms. The van der Waals surface area contributed by atoms with E-state index in [1.165, 1.54) is 13.8 Å². The van der Waals surface area contributed by atoms with Gasteiger partial charge in [-0.1, -0.05) is 6.07 Å². The average molecular weight is 250 g/mol. The van der Waals surface area contributed by atoms with Crippen molar-refractivity contribution in [3.8, 4) is 0 Å². The van der Waals surface area contributed by atoms with Crippen LogP contribution in [0.15, 0.2) is 18.2 Å². The highest BCUT2D eigenvalue weighted by molar-refractivity contribution is 6.01. The summed E-state index contributed by atoms with van der Waals surface area (Å²) in [5.74, 6) is -2.38. The van der Waals surface area contributed by atoms with Crippen LogP contribution in [0.3, 0.4) is 0 Å². The van der Waals surface area contributed by atoms with Crippen LogP contribution in [0, 0.1) is 5.82 Å². The van der Waals surface area contributed by atoms with Gasteiger partial charge < -0.3 is 5.11 Å². The van der Waals surface area contributed by atoms with E-state index in [1.807, 2.05) is 0 Å². The number of benzene rings is 1. The summed E-state index contributed by atoms with van der Waals surface area (Å²) < 4.78 is 49.9. The molecule has 0 fully saturated rings. The number of carbonyl (C=O) groups is 1. The van der Waals surface area contributed by atoms with Crippen molar-refractivity contribution in [2.45, 2.75) is 25.6 Å². The minimum Gasteiger partial charge on any atom is -0.382 e. The SMILES string of the molecule is CC(C)(O)C(=O)c1ccc(C(F)(F)F)c(F)c1. The highest BCUT2D eigenvalue weighted by Crippen LogP contribution is 2.32. The molecule has 1 aromatic carbocycles. The Morgan fingerprint density at radius 3 is 2.12 bits per heavy atom. The lowest BCUT2D eigenvalue weighted by Gasteiger charge is -2.16. The Morgan fingerprint density at radius 2 is 1.76 bits per heavy atom. The van der Waals surface area contributed by atoms with Crippen LogP contribution in [0.4, 0.5) is 17.6 Å². The summed E-state index contributed by atoms with van der Waals surface area (Å²) in [6, 6.07) is 1.80. The van der Waals surface area contributed by atoms with Crippen molar-refractivity contribution in [2.75, 3.05) is 0 Å². The van der Waals surface area contributed by atoms with Crippen molar-refractivity contribution in [3.63, 3.8) is 0 Å². The molecule has 0 aliphatic carbocycles. The number of ketones is 1. The normalized spacial score (nSPS) is 12.6. The standard InChI is InChI=1S/C11H10F4O2/c1-10(2,17)9(16)6-3-4-7(8(12)5-6)11(13,14)15/h3-5,17H,1-2H3. The van der Waals surface area contributed by atoms with Crippen LogP contribution in [-0.2, 0) is 6.18 Å². The molecule has 0 amide bonds. The monoisotopic (exact) mass is 250 g/mol. The van der Waals surface area contributed by atoms with Crippen molar-refractivity contribution < 1.29 is 27.5 Å². The second-order valence-electron chi connectivity index (χ2n) is 4.08. The maximum Gasteiger partial charge on any atom is 0.419 e. The molecule has 0 saturated heterocycles. The Labute approximate surface area is 94.9 Å². The molecule has 0 aromatic heterocycles. The van der Waals surface area contributed by atoms with E-state index < -0.39 is 28.9 Å². The van der Waals surface area contributed by atoms with Gasteiger partial charge in [-0.25, -0.2) is 4.39 Å². The molecule has 17 heavy (non-hydrogen) atoms. The highest BCUT2D eigenvalue weighted by atomic mass is 19.4. The minimum absolute atomic E-state index is 0.303. The number of halogens is 4. The van der Waals surface area contributed by atoms with E-state index in [0.29, 0.717) is 12.1 Å². The highest BCUT2D eigenvalue weighted by Gasteiger charge is 2.35. The Balaban J connectivity index is 3.19. The van der Waals surface area contributed by atoms with Gasteiger partial charge in [0.1, 0.15) is 11.4 Å². The van der Waals surface area contributed by atoms with Crippen LogP contribution >= 0.6 is 0 Å². The van der Waals surface area contributed by atoms with Gasteiger partial charge in [0.05, 0.1) is 5.56 Å². The molecule has 0 aliphatic heterocycles. The largest absolute Gasteiger partial charge is 0.419 e. The number of hydrogen-bond acceptors (Lipinski definition) is 2. The average Bonchev–Trinajstić information content (AvgIpc) is 2.12. The topological polar surface area (TPSA) is 37.3 Å². The summed E-state index contributed by atoms with van der Waals surface area (Å²) in [5.41, 5.74) is -3.50. The van der Waals surface area contributed by atoms with Gasteiger partial charge in [-0.3, -0.25) is 4.79 Å². The van der Waals surface area contributed by atoms with Gasteiger partial charge in [-0.05, 0) is 26.0 Å². The number of aliphatic hydroxyl groups is 1. The van der Waals surface area contributed by atoms with E-state index in [4.69, 9.17) is 0 Å². The summed E-state index contributed by atoms with van der Waals surface area (Å²) in [5, 5.41) is 9.37. The van der Waals surface area contributed by atoms with E-state index in [-0.39, 0.29) is 5.56 Å². The first-order chi connectivity index (χ1) is 7.53. The van der Waals surface area contributed by atoms with Crippen molar-refractivity contribution >= 4 is 5.78 Å². The lowest BCUT2D eigenvalue weighted by atomic mass is 9.96. The molecular weight excluding hydrogens is 240 g/mol. The Hall–Kier alpha value is -1.43. The fourth-order valence-corrected chi connectivity index (χ4v) is 1.24. The Kier molecular flexibility index (Phi) is 3.29. The number of Topliss-reactive ketones (excluding diaryl/α,β-unsaturated/α-hetero) is 1. The summed E-state index contributed by atoms with van der Waals surface area (Å²) in [6.07, 6.45) is -4.81. The molecule has 1 N–H and O–H groups in total. The fourth-order valence-electron chi connectivity index (χ4n) is 1.24. The van der Waals surface area contributed by atoms with E-state index >= 15 is 0 Å². The molecule has 1 rings (SSSR count). The van der Waals surface area contributed by atoms with E-state index in [9.17, 15) is 27.5 Å². The van der Waals surface area contributed by atoms with Crippen molar-refractivity contribution in [2.24, 2.45) is 0 Å². The van der Waals surface area contributed by atoms with Crippen molar-refractivity contribution in [3.05, 3.63) is 35.1 Å². The van der Waals surface area contributed by atoms with Gasteiger partial charge in [0.25, 0.3) is 0 Å². The lowest BCUT2D eigenvalue weighted by molar-refractivity contribution is -0.140. The third kappa shape index (κ3) is 3.03. The first-order valence-electron chi connectivity index (χ1n) is 4.67.